The smallest absolute Gasteiger partial charge is 0.141 e. The molecule has 0 N–H and O–H groups in total. The van der Waals surface area contributed by atoms with E-state index in [-0.39, 0.29) is 5.82 Å². The Labute approximate surface area is 145 Å². The molecule has 0 spiro atoms. The molecule has 0 amide bonds. The molecule has 0 unspecified atom stereocenters. The fraction of sp³-hybridized carbons (Fsp3) is 0.0952. The highest BCUT2D eigenvalue weighted by molar-refractivity contribution is 5.81. The molecule has 0 fully saturated rings. The maximum Gasteiger partial charge on any atom is 0.141 e. The molecule has 3 nitrogen and oxygen atoms in total. The summed E-state index contributed by atoms with van der Waals surface area (Å²) in [4.78, 5) is 4.77. The summed E-state index contributed by atoms with van der Waals surface area (Å²) in [5.41, 5.74) is 3.43. The van der Waals surface area contributed by atoms with Crippen LogP contribution in [0.3, 0.4) is 0 Å². The molecular weight excluding hydrogens is 315 g/mol. The molecule has 4 heteroatoms. The number of rotatable bonds is 4. The van der Waals surface area contributed by atoms with Crippen molar-refractivity contribution in [1.29, 1.82) is 0 Å². The molecule has 3 aromatic carbocycles. The Kier molecular flexibility index (Phi) is 3.94. The van der Waals surface area contributed by atoms with Crippen molar-refractivity contribution in [3.8, 4) is 17.1 Å². The number of para-hydroxylation sites is 2. The lowest BCUT2D eigenvalue weighted by Gasteiger charge is -2.11. The van der Waals surface area contributed by atoms with E-state index in [9.17, 15) is 4.39 Å². The van der Waals surface area contributed by atoms with Crippen molar-refractivity contribution >= 4 is 11.0 Å². The number of hydrogen-bond donors (Lipinski definition) is 0. The van der Waals surface area contributed by atoms with Gasteiger partial charge in [-0.1, -0.05) is 42.5 Å². The Morgan fingerprint density at radius 1 is 0.960 bits per heavy atom. The minimum atomic E-state index is -0.211. The van der Waals surface area contributed by atoms with Gasteiger partial charge >= 0.3 is 0 Å². The summed E-state index contributed by atoms with van der Waals surface area (Å²) >= 11 is 0. The van der Waals surface area contributed by atoms with Crippen LogP contribution in [-0.2, 0) is 6.54 Å². The van der Waals surface area contributed by atoms with Gasteiger partial charge in [-0.2, -0.15) is 0 Å². The van der Waals surface area contributed by atoms with Crippen LogP contribution in [0.5, 0.6) is 5.75 Å². The molecule has 0 saturated carbocycles. The third-order valence-corrected chi connectivity index (χ3v) is 4.27. The SMILES string of the molecule is COc1cccc(-c2nc3ccccc3n2Cc2ccccc2F)c1. The van der Waals surface area contributed by atoms with Gasteiger partial charge in [0, 0.05) is 11.1 Å². The van der Waals surface area contributed by atoms with Crippen LogP contribution in [0.2, 0.25) is 0 Å². The van der Waals surface area contributed by atoms with Crippen LogP contribution in [0.25, 0.3) is 22.4 Å². The second-order valence-corrected chi connectivity index (χ2v) is 5.83. The van der Waals surface area contributed by atoms with E-state index < -0.39 is 0 Å². The molecule has 1 heterocycles. The van der Waals surface area contributed by atoms with Gasteiger partial charge in [0.15, 0.2) is 0 Å². The number of benzene rings is 3. The van der Waals surface area contributed by atoms with Crippen LogP contribution >= 0.6 is 0 Å². The second kappa shape index (κ2) is 6.40. The van der Waals surface area contributed by atoms with Gasteiger partial charge < -0.3 is 9.30 Å². The molecule has 0 aliphatic heterocycles. The molecule has 4 aromatic rings. The minimum absolute atomic E-state index is 0.211. The third kappa shape index (κ3) is 2.87. The van der Waals surface area contributed by atoms with E-state index >= 15 is 0 Å². The summed E-state index contributed by atoms with van der Waals surface area (Å²) in [6.07, 6.45) is 0. The van der Waals surface area contributed by atoms with Crippen LogP contribution in [0.1, 0.15) is 5.56 Å². The first kappa shape index (κ1) is 15.4. The maximum atomic E-state index is 14.2. The van der Waals surface area contributed by atoms with Crippen LogP contribution < -0.4 is 4.74 Å². The van der Waals surface area contributed by atoms with Gasteiger partial charge in [0.25, 0.3) is 0 Å². The van der Waals surface area contributed by atoms with E-state index in [0.29, 0.717) is 12.1 Å². The van der Waals surface area contributed by atoms with Gasteiger partial charge in [-0.3, -0.25) is 0 Å². The molecule has 0 radical (unpaired) electrons. The van der Waals surface area contributed by atoms with Gasteiger partial charge in [-0.25, -0.2) is 9.37 Å². The molecule has 0 aliphatic rings. The van der Waals surface area contributed by atoms with Crippen LogP contribution in [0.15, 0.2) is 72.8 Å². The zero-order chi connectivity index (χ0) is 17.2. The van der Waals surface area contributed by atoms with E-state index in [1.165, 1.54) is 6.07 Å². The molecule has 0 atom stereocenters. The predicted octanol–water partition coefficient (Wildman–Crippen LogP) is 4.90. The molecule has 1 aromatic heterocycles. The van der Waals surface area contributed by atoms with Gasteiger partial charge in [0.05, 0.1) is 24.7 Å². The van der Waals surface area contributed by atoms with Crippen LogP contribution in [-0.4, -0.2) is 16.7 Å². The van der Waals surface area contributed by atoms with Crippen LogP contribution in [0.4, 0.5) is 4.39 Å². The lowest BCUT2D eigenvalue weighted by Crippen LogP contribution is -2.04. The Hall–Kier alpha value is -3.14. The Morgan fingerprint density at radius 3 is 2.60 bits per heavy atom. The van der Waals surface area contributed by atoms with Crippen molar-refractivity contribution in [3.63, 3.8) is 0 Å². The van der Waals surface area contributed by atoms with E-state index in [2.05, 4.69) is 0 Å². The number of fused-ring (bicyclic) bond motifs is 1. The number of imidazole rings is 1. The van der Waals surface area contributed by atoms with Gasteiger partial charge in [0.1, 0.15) is 17.4 Å². The summed E-state index contributed by atoms with van der Waals surface area (Å²) in [5.74, 6) is 1.35. The predicted molar refractivity (Wildman–Crippen MR) is 97.2 cm³/mol. The normalized spacial score (nSPS) is 11.0. The van der Waals surface area contributed by atoms with Crippen LogP contribution in [0, 0.1) is 5.82 Å². The summed E-state index contributed by atoms with van der Waals surface area (Å²) in [6, 6.07) is 22.5. The van der Waals surface area contributed by atoms with Gasteiger partial charge in [-0.05, 0) is 30.3 Å². The van der Waals surface area contributed by atoms with Gasteiger partial charge in [0.2, 0.25) is 0 Å². The highest BCUT2D eigenvalue weighted by Gasteiger charge is 2.14. The van der Waals surface area contributed by atoms with Crippen molar-refractivity contribution < 1.29 is 9.13 Å². The van der Waals surface area contributed by atoms with Crippen molar-refractivity contribution in [2.24, 2.45) is 0 Å². The third-order valence-electron chi connectivity index (χ3n) is 4.27. The monoisotopic (exact) mass is 332 g/mol. The Morgan fingerprint density at radius 2 is 1.76 bits per heavy atom. The highest BCUT2D eigenvalue weighted by atomic mass is 19.1. The molecule has 0 bridgehead atoms. The number of ether oxygens (including phenoxy) is 1. The fourth-order valence-electron chi connectivity index (χ4n) is 3.02. The van der Waals surface area contributed by atoms with Crippen molar-refractivity contribution in [2.45, 2.75) is 6.54 Å². The zero-order valence-electron chi connectivity index (χ0n) is 13.8. The minimum Gasteiger partial charge on any atom is -0.497 e. The summed E-state index contributed by atoms with van der Waals surface area (Å²) in [5, 5.41) is 0. The number of methoxy groups -OCH3 is 1. The zero-order valence-corrected chi connectivity index (χ0v) is 13.8. The molecular formula is C21H17FN2O. The van der Waals surface area contributed by atoms with Crippen molar-refractivity contribution in [2.75, 3.05) is 7.11 Å². The first-order chi connectivity index (χ1) is 12.3. The largest absolute Gasteiger partial charge is 0.497 e. The second-order valence-electron chi connectivity index (χ2n) is 5.83. The first-order valence-electron chi connectivity index (χ1n) is 8.09. The van der Waals surface area contributed by atoms with E-state index in [4.69, 9.17) is 9.72 Å². The van der Waals surface area contributed by atoms with E-state index in [0.717, 1.165) is 28.2 Å². The summed E-state index contributed by atoms with van der Waals surface area (Å²) < 4.78 is 21.6. The maximum absolute atomic E-state index is 14.2. The molecule has 0 aliphatic carbocycles. The van der Waals surface area contributed by atoms with Gasteiger partial charge in [-0.15, -0.1) is 0 Å². The Bertz CT molecular complexity index is 1040. The molecule has 4 rings (SSSR count). The highest BCUT2D eigenvalue weighted by Crippen LogP contribution is 2.28. The topological polar surface area (TPSA) is 27.1 Å². The number of halogens is 1. The Balaban J connectivity index is 1.90. The molecule has 25 heavy (non-hydrogen) atoms. The average Bonchev–Trinajstić information content (AvgIpc) is 3.02. The number of hydrogen-bond acceptors (Lipinski definition) is 2. The summed E-state index contributed by atoms with van der Waals surface area (Å²) in [6.45, 7) is 0.416. The lowest BCUT2D eigenvalue weighted by atomic mass is 10.1. The first-order valence-corrected chi connectivity index (χ1v) is 8.09. The quantitative estimate of drug-likeness (QED) is 0.531. The standard InChI is InChI=1S/C21H17FN2O/c1-25-17-9-6-8-15(13-17)21-23-19-11-4-5-12-20(19)24(21)14-16-7-2-3-10-18(16)22/h2-13H,14H2,1H3. The average molecular weight is 332 g/mol. The lowest BCUT2D eigenvalue weighted by molar-refractivity contribution is 0.415. The molecule has 124 valence electrons. The van der Waals surface area contributed by atoms with E-state index in [1.807, 2.05) is 59.2 Å². The van der Waals surface area contributed by atoms with E-state index in [1.54, 1.807) is 19.2 Å². The van der Waals surface area contributed by atoms with Crippen molar-refractivity contribution in [1.82, 2.24) is 9.55 Å². The molecule has 0 saturated heterocycles. The number of aromatic nitrogens is 2. The number of nitrogens with zero attached hydrogens (tertiary/aromatic N) is 2. The summed E-state index contributed by atoms with van der Waals surface area (Å²) in [7, 11) is 1.64. The van der Waals surface area contributed by atoms with Crippen molar-refractivity contribution in [3.05, 3.63) is 84.2 Å². The fourth-order valence-corrected chi connectivity index (χ4v) is 3.02.